The third-order valence-electron chi connectivity index (χ3n) is 4.04. The third-order valence-corrected chi connectivity index (χ3v) is 4.04. The van der Waals surface area contributed by atoms with Crippen LogP contribution in [0.3, 0.4) is 0 Å². The van der Waals surface area contributed by atoms with Gasteiger partial charge in [-0.1, -0.05) is 12.1 Å². The minimum atomic E-state index is 0.154. The van der Waals surface area contributed by atoms with E-state index >= 15 is 0 Å². The molecule has 0 amide bonds. The van der Waals surface area contributed by atoms with Gasteiger partial charge in [-0.2, -0.15) is 0 Å². The van der Waals surface area contributed by atoms with Gasteiger partial charge in [0.25, 0.3) is 0 Å². The van der Waals surface area contributed by atoms with E-state index < -0.39 is 0 Å². The third kappa shape index (κ3) is 3.24. The monoisotopic (exact) mass is 248 g/mol. The molecule has 1 aromatic rings. The van der Waals surface area contributed by atoms with E-state index in [4.69, 9.17) is 10.5 Å². The Labute approximate surface area is 110 Å². The normalized spacial score (nSPS) is 27.6. The molecule has 18 heavy (non-hydrogen) atoms. The largest absolute Gasteiger partial charge is 0.399 e. The summed E-state index contributed by atoms with van der Waals surface area (Å²) in [5.74, 6) is 0. The number of rotatable bonds is 5. The summed E-state index contributed by atoms with van der Waals surface area (Å²) in [6, 6.07) is 8.16. The highest BCUT2D eigenvalue weighted by molar-refractivity contribution is 5.39. The van der Waals surface area contributed by atoms with Gasteiger partial charge in [-0.25, -0.2) is 0 Å². The lowest BCUT2D eigenvalue weighted by atomic mass is 9.94. The Hall–Kier alpha value is -1.06. The lowest BCUT2D eigenvalue weighted by molar-refractivity contribution is 0.0887. The average molecular weight is 248 g/mol. The summed E-state index contributed by atoms with van der Waals surface area (Å²) >= 11 is 0. The highest BCUT2D eigenvalue weighted by atomic mass is 16.5. The summed E-state index contributed by atoms with van der Waals surface area (Å²) in [6.45, 7) is 6.32. The van der Waals surface area contributed by atoms with Gasteiger partial charge >= 0.3 is 0 Å². The Bertz CT molecular complexity index is 377. The first-order valence-electron chi connectivity index (χ1n) is 6.81. The summed E-state index contributed by atoms with van der Waals surface area (Å²) in [4.78, 5) is 0. The van der Waals surface area contributed by atoms with E-state index in [0.717, 1.165) is 38.1 Å². The van der Waals surface area contributed by atoms with E-state index in [9.17, 15) is 0 Å². The molecule has 0 aromatic heterocycles. The first-order chi connectivity index (χ1) is 8.60. The molecule has 2 rings (SSSR count). The first-order valence-corrected chi connectivity index (χ1v) is 6.81. The zero-order valence-corrected chi connectivity index (χ0v) is 11.4. The standard InChI is InChI=1S/C15H24N2O/c1-12-15(2,9-11-18-12)17-10-3-4-13-5-7-14(16)8-6-13/h5-8,12,17H,3-4,9-11,16H2,1-2H3. The van der Waals surface area contributed by atoms with Crippen LogP contribution in [0.2, 0.25) is 0 Å². The topological polar surface area (TPSA) is 47.3 Å². The fourth-order valence-corrected chi connectivity index (χ4v) is 2.42. The minimum absolute atomic E-state index is 0.154. The van der Waals surface area contributed by atoms with Crippen molar-refractivity contribution in [1.82, 2.24) is 5.32 Å². The molecule has 3 nitrogen and oxygen atoms in total. The van der Waals surface area contributed by atoms with Gasteiger partial charge in [0.2, 0.25) is 0 Å². The van der Waals surface area contributed by atoms with Gasteiger partial charge in [-0.15, -0.1) is 0 Å². The van der Waals surface area contributed by atoms with Crippen molar-refractivity contribution in [3.05, 3.63) is 29.8 Å². The number of aryl methyl sites for hydroxylation is 1. The molecule has 0 bridgehead atoms. The summed E-state index contributed by atoms with van der Waals surface area (Å²) in [5, 5.41) is 3.64. The van der Waals surface area contributed by atoms with E-state index in [-0.39, 0.29) is 5.54 Å². The maximum absolute atomic E-state index is 5.67. The minimum Gasteiger partial charge on any atom is -0.399 e. The van der Waals surface area contributed by atoms with Crippen LogP contribution in [0.15, 0.2) is 24.3 Å². The fraction of sp³-hybridized carbons (Fsp3) is 0.600. The maximum Gasteiger partial charge on any atom is 0.0726 e. The molecule has 1 heterocycles. The highest BCUT2D eigenvalue weighted by Gasteiger charge is 2.35. The van der Waals surface area contributed by atoms with Crippen LogP contribution < -0.4 is 11.1 Å². The highest BCUT2D eigenvalue weighted by Crippen LogP contribution is 2.24. The van der Waals surface area contributed by atoms with Crippen molar-refractivity contribution in [3.63, 3.8) is 0 Å². The molecule has 3 heteroatoms. The molecule has 3 N–H and O–H groups in total. The Morgan fingerprint density at radius 1 is 1.39 bits per heavy atom. The molecule has 1 saturated heterocycles. The molecule has 100 valence electrons. The number of hydrogen-bond acceptors (Lipinski definition) is 3. The van der Waals surface area contributed by atoms with Crippen LogP contribution in [0.4, 0.5) is 5.69 Å². The molecule has 2 atom stereocenters. The fourth-order valence-electron chi connectivity index (χ4n) is 2.42. The van der Waals surface area contributed by atoms with Crippen LogP contribution in [-0.4, -0.2) is 24.8 Å². The predicted octanol–water partition coefficient (Wildman–Crippen LogP) is 2.36. The molecule has 0 radical (unpaired) electrons. The predicted molar refractivity (Wildman–Crippen MR) is 75.6 cm³/mol. The number of anilines is 1. The molecule has 1 aliphatic heterocycles. The molecule has 1 aliphatic rings. The average Bonchev–Trinajstić information content (AvgIpc) is 2.68. The smallest absolute Gasteiger partial charge is 0.0726 e. The zero-order valence-electron chi connectivity index (χ0n) is 11.4. The number of nitrogens with one attached hydrogen (secondary N) is 1. The molecule has 0 spiro atoms. The number of nitrogen functional groups attached to an aromatic ring is 1. The van der Waals surface area contributed by atoms with Crippen LogP contribution >= 0.6 is 0 Å². The van der Waals surface area contributed by atoms with Crippen LogP contribution in [0, 0.1) is 0 Å². The molecular formula is C15H24N2O. The van der Waals surface area contributed by atoms with Gasteiger partial charge in [0.05, 0.1) is 6.10 Å². The second kappa shape index (κ2) is 5.72. The number of ether oxygens (including phenoxy) is 1. The van der Waals surface area contributed by atoms with Gasteiger partial charge in [0, 0.05) is 17.8 Å². The Kier molecular flexibility index (Phi) is 4.25. The zero-order chi connectivity index (χ0) is 13.0. The van der Waals surface area contributed by atoms with Gasteiger partial charge in [0.15, 0.2) is 0 Å². The number of benzene rings is 1. The number of hydrogen-bond donors (Lipinski definition) is 2. The Morgan fingerprint density at radius 2 is 2.11 bits per heavy atom. The summed E-state index contributed by atoms with van der Waals surface area (Å²) < 4.78 is 5.62. The molecule has 0 aliphatic carbocycles. The Balaban J connectivity index is 1.71. The van der Waals surface area contributed by atoms with E-state index in [1.807, 2.05) is 12.1 Å². The summed E-state index contributed by atoms with van der Waals surface area (Å²) in [7, 11) is 0. The summed E-state index contributed by atoms with van der Waals surface area (Å²) in [6.07, 6.45) is 3.66. The molecule has 1 fully saturated rings. The van der Waals surface area contributed by atoms with Crippen LogP contribution in [0.5, 0.6) is 0 Å². The molecular weight excluding hydrogens is 224 g/mol. The van der Waals surface area contributed by atoms with Crippen molar-refractivity contribution < 1.29 is 4.74 Å². The van der Waals surface area contributed by atoms with Gasteiger partial charge in [0.1, 0.15) is 0 Å². The van der Waals surface area contributed by atoms with E-state index in [0.29, 0.717) is 6.10 Å². The van der Waals surface area contributed by atoms with E-state index in [2.05, 4.69) is 31.3 Å². The van der Waals surface area contributed by atoms with E-state index in [1.165, 1.54) is 5.56 Å². The van der Waals surface area contributed by atoms with Crippen molar-refractivity contribution in [1.29, 1.82) is 0 Å². The SMILES string of the molecule is CC1OCCC1(C)NCCCc1ccc(N)cc1. The van der Waals surface area contributed by atoms with Crippen LogP contribution in [-0.2, 0) is 11.2 Å². The van der Waals surface area contributed by atoms with Gasteiger partial charge in [-0.05, 0) is 57.4 Å². The van der Waals surface area contributed by atoms with Crippen molar-refractivity contribution in [3.8, 4) is 0 Å². The summed E-state index contributed by atoms with van der Waals surface area (Å²) in [5.41, 5.74) is 8.01. The lowest BCUT2D eigenvalue weighted by Crippen LogP contribution is -2.48. The van der Waals surface area contributed by atoms with Crippen molar-refractivity contribution in [2.75, 3.05) is 18.9 Å². The quantitative estimate of drug-likeness (QED) is 0.621. The Morgan fingerprint density at radius 3 is 2.72 bits per heavy atom. The maximum atomic E-state index is 5.67. The second-order valence-corrected chi connectivity index (χ2v) is 5.45. The van der Waals surface area contributed by atoms with Crippen molar-refractivity contribution >= 4 is 5.69 Å². The van der Waals surface area contributed by atoms with Gasteiger partial charge in [-0.3, -0.25) is 0 Å². The first kappa shape index (κ1) is 13.4. The van der Waals surface area contributed by atoms with Crippen LogP contribution in [0.1, 0.15) is 32.3 Å². The molecule has 2 unspecified atom stereocenters. The van der Waals surface area contributed by atoms with Gasteiger partial charge < -0.3 is 15.8 Å². The lowest BCUT2D eigenvalue weighted by Gasteiger charge is -2.29. The van der Waals surface area contributed by atoms with Crippen molar-refractivity contribution in [2.24, 2.45) is 0 Å². The number of nitrogens with two attached hydrogens (primary N) is 1. The molecule has 1 aromatic carbocycles. The molecule has 0 saturated carbocycles. The second-order valence-electron chi connectivity index (χ2n) is 5.45. The van der Waals surface area contributed by atoms with E-state index in [1.54, 1.807) is 0 Å². The van der Waals surface area contributed by atoms with Crippen molar-refractivity contribution in [2.45, 2.75) is 44.8 Å². The van der Waals surface area contributed by atoms with Crippen LogP contribution in [0.25, 0.3) is 0 Å².